The Labute approximate surface area is 314 Å². The van der Waals surface area contributed by atoms with Gasteiger partial charge in [-0.2, -0.15) is 0 Å². The SMILES string of the molecule is CCc1c(CCc2ccc(-c3ccccc3-c3nnn(C(c4ccccc4)(c4ccccc4)c4ccccc4)n3)cc2)nc2ccc(C)cc2c1C(=O)O. The second-order valence-corrected chi connectivity index (χ2v) is 13.5. The molecule has 0 amide bonds. The third-order valence-electron chi connectivity index (χ3n) is 10.3. The number of pyridine rings is 1. The van der Waals surface area contributed by atoms with E-state index in [2.05, 4.69) is 66.7 Å². The summed E-state index contributed by atoms with van der Waals surface area (Å²) in [5, 5.41) is 25.5. The van der Waals surface area contributed by atoms with Crippen molar-refractivity contribution in [3.05, 3.63) is 202 Å². The van der Waals surface area contributed by atoms with Crippen LogP contribution in [-0.2, 0) is 24.8 Å². The number of benzene rings is 6. The van der Waals surface area contributed by atoms with Gasteiger partial charge >= 0.3 is 5.97 Å². The van der Waals surface area contributed by atoms with Crippen molar-refractivity contribution in [1.82, 2.24) is 25.2 Å². The average molecular weight is 706 g/mol. The summed E-state index contributed by atoms with van der Waals surface area (Å²) in [5.74, 6) is -0.379. The third kappa shape index (κ3) is 6.24. The molecule has 0 aliphatic carbocycles. The maximum atomic E-state index is 12.4. The van der Waals surface area contributed by atoms with Crippen LogP contribution in [0.2, 0.25) is 0 Å². The summed E-state index contributed by atoms with van der Waals surface area (Å²) in [5.41, 5.74) is 10.0. The molecule has 0 unspecified atom stereocenters. The number of hydrogen-bond acceptors (Lipinski definition) is 5. The Morgan fingerprint density at radius 3 is 1.83 bits per heavy atom. The van der Waals surface area contributed by atoms with E-state index in [4.69, 9.17) is 20.4 Å². The van der Waals surface area contributed by atoms with Gasteiger partial charge in [0.1, 0.15) is 0 Å². The fourth-order valence-electron chi connectivity index (χ4n) is 7.69. The Hall–Kier alpha value is -6.73. The molecule has 8 aromatic rings. The maximum absolute atomic E-state index is 12.4. The van der Waals surface area contributed by atoms with E-state index in [1.807, 2.05) is 105 Å². The smallest absolute Gasteiger partial charge is 0.336 e. The van der Waals surface area contributed by atoms with Crippen LogP contribution < -0.4 is 0 Å². The minimum atomic E-state index is -0.908. The zero-order chi connectivity index (χ0) is 37.1. The van der Waals surface area contributed by atoms with Crippen LogP contribution in [-0.4, -0.2) is 36.3 Å². The number of carboxylic acids is 1. The Morgan fingerprint density at radius 2 is 1.26 bits per heavy atom. The van der Waals surface area contributed by atoms with Gasteiger partial charge in [0.25, 0.3) is 0 Å². The lowest BCUT2D eigenvalue weighted by atomic mass is 9.77. The number of aryl methyl sites for hydroxylation is 3. The van der Waals surface area contributed by atoms with Crippen LogP contribution in [0.3, 0.4) is 0 Å². The van der Waals surface area contributed by atoms with E-state index in [1.165, 1.54) is 0 Å². The van der Waals surface area contributed by atoms with Crippen LogP contribution in [0, 0.1) is 6.92 Å². The molecule has 264 valence electrons. The zero-order valence-electron chi connectivity index (χ0n) is 30.2. The highest BCUT2D eigenvalue weighted by molar-refractivity contribution is 6.04. The van der Waals surface area contributed by atoms with E-state index >= 15 is 0 Å². The van der Waals surface area contributed by atoms with Crippen molar-refractivity contribution in [3.8, 4) is 22.5 Å². The number of tetrazole rings is 1. The highest BCUT2D eigenvalue weighted by atomic mass is 16.4. The lowest BCUT2D eigenvalue weighted by molar-refractivity contribution is 0.0697. The monoisotopic (exact) mass is 705 g/mol. The molecule has 7 nitrogen and oxygen atoms in total. The minimum absolute atomic E-state index is 0.368. The summed E-state index contributed by atoms with van der Waals surface area (Å²) in [6.45, 7) is 3.97. The molecule has 0 radical (unpaired) electrons. The number of aromatic nitrogens is 5. The third-order valence-corrected chi connectivity index (χ3v) is 10.3. The van der Waals surface area contributed by atoms with Crippen molar-refractivity contribution in [3.63, 3.8) is 0 Å². The fourth-order valence-corrected chi connectivity index (χ4v) is 7.69. The van der Waals surface area contributed by atoms with Gasteiger partial charge in [0.05, 0.1) is 11.1 Å². The van der Waals surface area contributed by atoms with Crippen LogP contribution in [0.4, 0.5) is 0 Å². The van der Waals surface area contributed by atoms with Gasteiger partial charge in [-0.15, -0.1) is 15.0 Å². The van der Waals surface area contributed by atoms with Crippen molar-refractivity contribution in [2.24, 2.45) is 0 Å². The number of nitrogens with zero attached hydrogens (tertiary/aromatic N) is 5. The van der Waals surface area contributed by atoms with Crippen molar-refractivity contribution < 1.29 is 9.90 Å². The van der Waals surface area contributed by atoms with Crippen molar-refractivity contribution >= 4 is 16.9 Å². The zero-order valence-corrected chi connectivity index (χ0v) is 30.2. The average Bonchev–Trinajstić information content (AvgIpc) is 3.71. The summed E-state index contributed by atoms with van der Waals surface area (Å²) in [7, 11) is 0. The van der Waals surface area contributed by atoms with Gasteiger partial charge in [-0.25, -0.2) is 4.79 Å². The number of rotatable bonds is 11. The Balaban J connectivity index is 1.13. The van der Waals surface area contributed by atoms with Crippen molar-refractivity contribution in [2.45, 2.75) is 38.6 Å². The van der Waals surface area contributed by atoms with E-state index < -0.39 is 11.5 Å². The molecule has 8 rings (SSSR count). The molecule has 0 bridgehead atoms. The molecule has 0 fully saturated rings. The quantitative estimate of drug-likeness (QED) is 0.135. The summed E-state index contributed by atoms with van der Waals surface area (Å²) in [6, 6.07) is 53.5. The second kappa shape index (κ2) is 14.7. The molecular formula is C47H39N5O2. The molecule has 54 heavy (non-hydrogen) atoms. The minimum Gasteiger partial charge on any atom is -0.478 e. The van der Waals surface area contributed by atoms with E-state index in [1.54, 1.807) is 4.80 Å². The number of fused-ring (bicyclic) bond motifs is 1. The van der Waals surface area contributed by atoms with Crippen LogP contribution in [0.25, 0.3) is 33.4 Å². The number of hydrogen-bond donors (Lipinski definition) is 1. The molecular weight excluding hydrogens is 667 g/mol. The molecule has 1 N–H and O–H groups in total. The van der Waals surface area contributed by atoms with Crippen LogP contribution in [0.5, 0.6) is 0 Å². The summed E-state index contributed by atoms with van der Waals surface area (Å²) in [4.78, 5) is 19.1. The van der Waals surface area contributed by atoms with Crippen molar-refractivity contribution in [2.75, 3.05) is 0 Å². The van der Waals surface area contributed by atoms with E-state index in [0.29, 0.717) is 29.6 Å². The molecule has 2 aromatic heterocycles. The van der Waals surface area contributed by atoms with Crippen molar-refractivity contribution in [1.29, 1.82) is 0 Å². The van der Waals surface area contributed by atoms with Gasteiger partial charge in [-0.1, -0.05) is 158 Å². The van der Waals surface area contributed by atoms with Gasteiger partial charge in [0.15, 0.2) is 5.54 Å². The molecule has 0 spiro atoms. The maximum Gasteiger partial charge on any atom is 0.336 e. The summed E-state index contributed by atoms with van der Waals surface area (Å²) in [6.07, 6.45) is 1.97. The van der Waals surface area contributed by atoms with E-state index in [-0.39, 0.29) is 0 Å². The molecule has 7 heteroatoms. The molecule has 0 aliphatic heterocycles. The van der Waals surface area contributed by atoms with E-state index in [0.717, 1.165) is 67.7 Å². The highest BCUT2D eigenvalue weighted by Gasteiger charge is 2.41. The molecule has 6 aromatic carbocycles. The largest absolute Gasteiger partial charge is 0.478 e. The molecule has 0 aliphatic rings. The van der Waals surface area contributed by atoms with Gasteiger partial charge in [-0.05, 0) is 82.5 Å². The molecule has 2 heterocycles. The lowest BCUT2D eigenvalue weighted by Crippen LogP contribution is -2.39. The fraction of sp³-hybridized carbons (Fsp3) is 0.128. The first-order valence-corrected chi connectivity index (χ1v) is 18.3. The first kappa shape index (κ1) is 34.4. The van der Waals surface area contributed by atoms with Gasteiger partial charge in [0.2, 0.25) is 5.82 Å². The Bertz CT molecular complexity index is 2470. The Kier molecular flexibility index (Phi) is 9.36. The van der Waals surface area contributed by atoms with Crippen LogP contribution >= 0.6 is 0 Å². The topological polar surface area (TPSA) is 93.8 Å². The van der Waals surface area contributed by atoms with Crippen LogP contribution in [0.15, 0.2) is 158 Å². The Morgan fingerprint density at radius 1 is 0.685 bits per heavy atom. The first-order valence-electron chi connectivity index (χ1n) is 18.3. The lowest BCUT2D eigenvalue weighted by Gasteiger charge is -2.34. The first-order chi connectivity index (χ1) is 26.5. The van der Waals surface area contributed by atoms with Crippen LogP contribution in [0.1, 0.15) is 56.4 Å². The number of aromatic carboxylic acids is 1. The number of carboxylic acid groups (broad SMARTS) is 1. The number of carbonyl (C=O) groups is 1. The second-order valence-electron chi connectivity index (χ2n) is 13.5. The van der Waals surface area contributed by atoms with Gasteiger partial charge < -0.3 is 5.11 Å². The highest BCUT2D eigenvalue weighted by Crippen LogP contribution is 2.40. The standard InChI is InChI=1S/C47H39N5O2/c1-3-38-42(48-43-29-23-32(2)31-41(43)44(38)46(53)54)30-26-33-24-27-34(28-25-33)39-21-13-14-22-40(39)45-49-51-52(50-45)47(35-15-7-4-8-16-35,36-17-9-5-10-18-36)37-19-11-6-12-20-37/h4-25,27-29,31H,3,26,30H2,1-2H3,(H,53,54). The molecule has 0 saturated carbocycles. The predicted molar refractivity (Wildman–Crippen MR) is 214 cm³/mol. The van der Waals surface area contributed by atoms with Gasteiger partial charge in [0, 0.05) is 16.6 Å². The predicted octanol–water partition coefficient (Wildman–Crippen LogP) is 9.75. The molecule has 0 atom stereocenters. The van der Waals surface area contributed by atoms with E-state index in [9.17, 15) is 9.90 Å². The molecule has 0 saturated heterocycles. The van der Waals surface area contributed by atoms with Gasteiger partial charge in [-0.3, -0.25) is 4.98 Å². The summed E-state index contributed by atoms with van der Waals surface area (Å²) < 4.78 is 0. The normalized spacial score (nSPS) is 11.5. The summed E-state index contributed by atoms with van der Waals surface area (Å²) >= 11 is 0.